The van der Waals surface area contributed by atoms with Gasteiger partial charge in [0.1, 0.15) is 9.88 Å². The van der Waals surface area contributed by atoms with Crippen molar-refractivity contribution in [3.8, 4) is 22.1 Å². The van der Waals surface area contributed by atoms with E-state index < -0.39 is 0 Å². The third-order valence-corrected chi connectivity index (χ3v) is 6.57. The smallest absolute Gasteiger partial charge is 0.269 e. The lowest BCUT2D eigenvalue weighted by Crippen LogP contribution is -2.10. The molecule has 1 aliphatic rings. The monoisotopic (exact) mass is 415 g/mol. The number of amides is 1. The van der Waals surface area contributed by atoms with E-state index in [1.54, 1.807) is 0 Å². The fraction of sp³-hybridized carbons (Fsp3) is 0.0556. The predicted octanol–water partition coefficient (Wildman–Crippen LogP) is 5.05. The molecule has 2 aromatic heterocycles. The van der Waals surface area contributed by atoms with Crippen LogP contribution in [-0.2, 0) is 0 Å². The van der Waals surface area contributed by atoms with Crippen LogP contribution in [0.25, 0.3) is 20.7 Å². The van der Waals surface area contributed by atoms with Gasteiger partial charge in [0.2, 0.25) is 11.9 Å². The molecule has 1 aliphatic heterocycles. The number of nitrogens with one attached hydrogen (secondary N) is 1. The summed E-state index contributed by atoms with van der Waals surface area (Å²) in [4.78, 5) is 13.1. The Bertz CT molecular complexity index is 1190. The quantitative estimate of drug-likeness (QED) is 0.506. The highest BCUT2D eigenvalue weighted by atomic mass is 35.5. The van der Waals surface area contributed by atoms with Gasteiger partial charge >= 0.3 is 0 Å². The SMILES string of the molecule is O=C(Nc1nnc(-c2ccc3c(c2)OCO3)s1)c1sc2ccccc2c1Cl. The minimum absolute atomic E-state index is 0.214. The predicted molar refractivity (Wildman–Crippen MR) is 106 cm³/mol. The summed E-state index contributed by atoms with van der Waals surface area (Å²) in [6, 6.07) is 13.2. The number of rotatable bonds is 3. The zero-order valence-electron chi connectivity index (χ0n) is 13.6. The van der Waals surface area contributed by atoms with Gasteiger partial charge in [-0.15, -0.1) is 21.5 Å². The van der Waals surface area contributed by atoms with Crippen LogP contribution >= 0.6 is 34.3 Å². The molecule has 1 amide bonds. The van der Waals surface area contributed by atoms with E-state index in [-0.39, 0.29) is 12.7 Å². The Balaban J connectivity index is 1.40. The maximum atomic E-state index is 12.6. The van der Waals surface area contributed by atoms with Crippen molar-refractivity contribution in [2.75, 3.05) is 12.1 Å². The number of fused-ring (bicyclic) bond motifs is 2. The number of benzene rings is 2. The van der Waals surface area contributed by atoms with E-state index in [0.717, 1.165) is 15.6 Å². The largest absolute Gasteiger partial charge is 0.454 e. The maximum Gasteiger partial charge on any atom is 0.269 e. The third kappa shape index (κ3) is 2.91. The van der Waals surface area contributed by atoms with Gasteiger partial charge in [0.05, 0.1) is 5.02 Å². The molecule has 0 bridgehead atoms. The molecule has 27 heavy (non-hydrogen) atoms. The highest BCUT2D eigenvalue weighted by Crippen LogP contribution is 2.38. The van der Waals surface area contributed by atoms with Gasteiger partial charge in [0.25, 0.3) is 5.91 Å². The number of carbonyl (C=O) groups excluding carboxylic acids is 1. The van der Waals surface area contributed by atoms with Gasteiger partial charge < -0.3 is 9.47 Å². The van der Waals surface area contributed by atoms with Crippen LogP contribution in [0.4, 0.5) is 5.13 Å². The number of anilines is 1. The second-order valence-electron chi connectivity index (χ2n) is 5.68. The molecule has 6 nitrogen and oxygen atoms in total. The molecule has 9 heteroatoms. The van der Waals surface area contributed by atoms with E-state index in [4.69, 9.17) is 21.1 Å². The summed E-state index contributed by atoms with van der Waals surface area (Å²) in [5.74, 6) is 1.08. The number of thiophene rings is 1. The summed E-state index contributed by atoms with van der Waals surface area (Å²) in [6.07, 6.45) is 0. The zero-order chi connectivity index (χ0) is 18.4. The molecule has 0 atom stereocenters. The van der Waals surface area contributed by atoms with Crippen LogP contribution in [0.1, 0.15) is 9.67 Å². The van der Waals surface area contributed by atoms with Crippen LogP contribution < -0.4 is 14.8 Å². The molecule has 3 heterocycles. The Morgan fingerprint density at radius 3 is 2.81 bits per heavy atom. The molecule has 0 unspecified atom stereocenters. The van der Waals surface area contributed by atoms with E-state index in [1.807, 2.05) is 42.5 Å². The first-order chi connectivity index (χ1) is 13.2. The van der Waals surface area contributed by atoms with E-state index >= 15 is 0 Å². The van der Waals surface area contributed by atoms with Gasteiger partial charge in [-0.3, -0.25) is 10.1 Å². The van der Waals surface area contributed by atoms with Gasteiger partial charge in [-0.05, 0) is 24.3 Å². The second kappa shape index (κ2) is 6.49. The Morgan fingerprint density at radius 1 is 1.07 bits per heavy atom. The Labute approximate surface area is 166 Å². The first-order valence-electron chi connectivity index (χ1n) is 7.91. The Morgan fingerprint density at radius 2 is 1.93 bits per heavy atom. The first-order valence-corrected chi connectivity index (χ1v) is 9.92. The molecule has 0 saturated carbocycles. The highest BCUT2D eigenvalue weighted by molar-refractivity contribution is 7.22. The molecular formula is C18H10ClN3O3S2. The molecule has 0 fully saturated rings. The van der Waals surface area contributed by atoms with Gasteiger partial charge in [0.15, 0.2) is 11.5 Å². The molecule has 4 aromatic rings. The lowest BCUT2D eigenvalue weighted by atomic mass is 10.2. The minimum Gasteiger partial charge on any atom is -0.454 e. The normalized spacial score (nSPS) is 12.5. The molecule has 0 saturated heterocycles. The number of halogens is 1. The highest BCUT2D eigenvalue weighted by Gasteiger charge is 2.20. The summed E-state index contributed by atoms with van der Waals surface area (Å²) in [7, 11) is 0. The average molecular weight is 416 g/mol. The lowest BCUT2D eigenvalue weighted by molar-refractivity contribution is 0.103. The summed E-state index contributed by atoms with van der Waals surface area (Å²) in [5.41, 5.74) is 0.845. The van der Waals surface area contributed by atoms with Crippen molar-refractivity contribution in [2.24, 2.45) is 0 Å². The van der Waals surface area contributed by atoms with Crippen LogP contribution in [0.3, 0.4) is 0 Å². The van der Waals surface area contributed by atoms with Crippen LogP contribution in [-0.4, -0.2) is 22.9 Å². The summed E-state index contributed by atoms with van der Waals surface area (Å²) in [5, 5.41) is 13.4. The molecule has 0 aliphatic carbocycles. The standard InChI is InChI=1S/C18H10ClN3O3S2/c19-14-10-3-1-2-4-13(10)26-15(14)16(23)20-18-22-21-17(27-18)9-5-6-11-12(7-9)25-8-24-11/h1-7H,8H2,(H,20,22,23). The second-order valence-corrected chi connectivity index (χ2v) is 8.08. The summed E-state index contributed by atoms with van der Waals surface area (Å²) < 4.78 is 11.7. The fourth-order valence-electron chi connectivity index (χ4n) is 2.73. The fourth-order valence-corrected chi connectivity index (χ4v) is 4.88. The molecule has 5 rings (SSSR count). The number of carbonyl (C=O) groups is 1. The van der Waals surface area contributed by atoms with E-state index in [9.17, 15) is 4.79 Å². The number of nitrogens with zero attached hydrogens (tertiary/aromatic N) is 2. The molecule has 0 radical (unpaired) electrons. The van der Waals surface area contributed by atoms with Gasteiger partial charge in [-0.1, -0.05) is 41.1 Å². The Kier molecular flexibility index (Phi) is 3.96. The number of hydrogen-bond donors (Lipinski definition) is 1. The lowest BCUT2D eigenvalue weighted by Gasteiger charge is -1.99. The van der Waals surface area contributed by atoms with Crippen molar-refractivity contribution >= 4 is 55.4 Å². The maximum absolute atomic E-state index is 12.6. The topological polar surface area (TPSA) is 73.3 Å². The van der Waals surface area contributed by atoms with Gasteiger partial charge in [0, 0.05) is 15.6 Å². The summed E-state index contributed by atoms with van der Waals surface area (Å²) in [6.45, 7) is 0.214. The van der Waals surface area contributed by atoms with Crippen molar-refractivity contribution < 1.29 is 14.3 Å². The van der Waals surface area contributed by atoms with Crippen LogP contribution in [0, 0.1) is 0 Å². The van der Waals surface area contributed by atoms with Crippen molar-refractivity contribution in [1.82, 2.24) is 10.2 Å². The molecular weight excluding hydrogens is 406 g/mol. The third-order valence-electron chi connectivity index (χ3n) is 4.01. The van der Waals surface area contributed by atoms with E-state index in [1.165, 1.54) is 22.7 Å². The number of ether oxygens (including phenoxy) is 2. The summed E-state index contributed by atoms with van der Waals surface area (Å²) >= 11 is 8.99. The van der Waals surface area contributed by atoms with Crippen LogP contribution in [0.5, 0.6) is 11.5 Å². The molecule has 2 aromatic carbocycles. The molecule has 1 N–H and O–H groups in total. The number of hydrogen-bond acceptors (Lipinski definition) is 7. The van der Waals surface area contributed by atoms with Crippen LogP contribution in [0.2, 0.25) is 5.02 Å². The first kappa shape index (κ1) is 16.5. The molecule has 0 spiro atoms. The number of aromatic nitrogens is 2. The van der Waals surface area contributed by atoms with E-state index in [2.05, 4.69) is 15.5 Å². The zero-order valence-corrected chi connectivity index (χ0v) is 16.0. The minimum atomic E-state index is -0.297. The van der Waals surface area contributed by atoms with E-state index in [0.29, 0.717) is 31.5 Å². The van der Waals surface area contributed by atoms with Crippen molar-refractivity contribution in [1.29, 1.82) is 0 Å². The van der Waals surface area contributed by atoms with Crippen molar-refractivity contribution in [3.05, 3.63) is 52.4 Å². The van der Waals surface area contributed by atoms with Crippen molar-refractivity contribution in [3.63, 3.8) is 0 Å². The van der Waals surface area contributed by atoms with Crippen molar-refractivity contribution in [2.45, 2.75) is 0 Å². The van der Waals surface area contributed by atoms with Crippen LogP contribution in [0.15, 0.2) is 42.5 Å². The Hall–Kier alpha value is -2.68. The average Bonchev–Trinajstić information content (AvgIpc) is 3.40. The van der Waals surface area contributed by atoms with Gasteiger partial charge in [-0.25, -0.2) is 0 Å². The molecule has 134 valence electrons. The van der Waals surface area contributed by atoms with Gasteiger partial charge in [-0.2, -0.15) is 0 Å².